The smallest absolute Gasteiger partial charge is 0.407 e. The van der Waals surface area contributed by atoms with E-state index >= 15 is 0 Å². The maximum absolute atomic E-state index is 11.3. The Morgan fingerprint density at radius 1 is 1.42 bits per heavy atom. The van der Waals surface area contributed by atoms with Crippen molar-refractivity contribution in [2.75, 3.05) is 6.61 Å². The van der Waals surface area contributed by atoms with E-state index in [9.17, 15) is 14.7 Å². The molecule has 0 spiro atoms. The number of amides is 1. The quantitative estimate of drug-likeness (QED) is 0.876. The van der Waals surface area contributed by atoms with Crippen LogP contribution in [-0.2, 0) is 4.74 Å². The first-order valence-corrected chi connectivity index (χ1v) is 5.67. The summed E-state index contributed by atoms with van der Waals surface area (Å²) in [5.41, 5.74) is 0.448. The predicted octanol–water partition coefficient (Wildman–Crippen LogP) is 2.61. The van der Waals surface area contributed by atoms with Crippen LogP contribution in [0.5, 0.6) is 0 Å². The Bertz CT molecular complexity index is 501. The van der Waals surface area contributed by atoms with Gasteiger partial charge in [0.15, 0.2) is 0 Å². The van der Waals surface area contributed by atoms with Crippen molar-refractivity contribution in [2.24, 2.45) is 5.41 Å². The molecular weight excluding hydrogens is 270 g/mol. The summed E-state index contributed by atoms with van der Waals surface area (Å²) in [6.07, 6.45) is -0.514. The standard InChI is InChI=1S/C13H15NO4.ClH/c1-13(2)7-18-12(17)14-10(13)8-5-3-4-6-9(8)11(15)16;/h3-6,10H,7H2,1-2H3,(H,14,17)(H,15,16);1H/t10-;/m1./s1. The van der Waals surface area contributed by atoms with Gasteiger partial charge >= 0.3 is 12.1 Å². The second-order valence-electron chi connectivity index (χ2n) is 5.03. The molecule has 1 aromatic carbocycles. The van der Waals surface area contributed by atoms with Crippen molar-refractivity contribution < 1.29 is 19.4 Å². The van der Waals surface area contributed by atoms with Crippen molar-refractivity contribution in [1.29, 1.82) is 0 Å². The molecule has 1 amide bonds. The number of carboxylic acid groups (broad SMARTS) is 1. The summed E-state index contributed by atoms with van der Waals surface area (Å²) in [7, 11) is 0. The maximum atomic E-state index is 11.3. The number of aromatic carboxylic acids is 1. The van der Waals surface area contributed by atoms with Crippen molar-refractivity contribution in [3.63, 3.8) is 0 Å². The van der Waals surface area contributed by atoms with Crippen molar-refractivity contribution in [3.8, 4) is 0 Å². The van der Waals surface area contributed by atoms with Crippen LogP contribution in [0.25, 0.3) is 0 Å². The molecular formula is C13H16ClNO4. The molecule has 1 aliphatic rings. The molecule has 0 radical (unpaired) electrons. The molecule has 2 N–H and O–H groups in total. The van der Waals surface area contributed by atoms with Gasteiger partial charge in [0.2, 0.25) is 0 Å². The lowest BCUT2D eigenvalue weighted by Gasteiger charge is -2.39. The van der Waals surface area contributed by atoms with Gasteiger partial charge in [0.25, 0.3) is 0 Å². The van der Waals surface area contributed by atoms with E-state index in [2.05, 4.69) is 5.32 Å². The van der Waals surface area contributed by atoms with Crippen LogP contribution in [0.4, 0.5) is 4.79 Å². The minimum absolute atomic E-state index is 0. The van der Waals surface area contributed by atoms with Crippen molar-refractivity contribution in [2.45, 2.75) is 19.9 Å². The number of nitrogens with one attached hydrogen (secondary N) is 1. The Morgan fingerprint density at radius 2 is 2.05 bits per heavy atom. The normalized spacial score (nSPS) is 20.7. The zero-order chi connectivity index (χ0) is 13.3. The van der Waals surface area contributed by atoms with Gasteiger partial charge < -0.3 is 15.2 Å². The molecule has 6 heteroatoms. The van der Waals surface area contributed by atoms with Crippen molar-refractivity contribution >= 4 is 24.5 Å². The van der Waals surface area contributed by atoms with Crippen LogP contribution in [0.1, 0.15) is 35.8 Å². The second-order valence-corrected chi connectivity index (χ2v) is 5.03. The topological polar surface area (TPSA) is 75.6 Å². The van der Waals surface area contributed by atoms with Crippen LogP contribution in [0.2, 0.25) is 0 Å². The Morgan fingerprint density at radius 3 is 2.68 bits per heavy atom. The number of alkyl carbamates (subject to hydrolysis) is 1. The van der Waals surface area contributed by atoms with Gasteiger partial charge in [0.1, 0.15) is 6.61 Å². The second kappa shape index (κ2) is 5.48. The number of carbonyl (C=O) groups excluding carboxylic acids is 1. The molecule has 1 aliphatic heterocycles. The third kappa shape index (κ3) is 2.98. The summed E-state index contributed by atoms with van der Waals surface area (Å²) in [6.45, 7) is 4.11. The average molecular weight is 286 g/mol. The van der Waals surface area contributed by atoms with E-state index < -0.39 is 12.1 Å². The highest BCUT2D eigenvalue weighted by Crippen LogP contribution is 2.37. The first-order chi connectivity index (χ1) is 8.42. The van der Waals surface area contributed by atoms with Gasteiger partial charge in [-0.1, -0.05) is 32.0 Å². The van der Waals surface area contributed by atoms with Crippen molar-refractivity contribution in [3.05, 3.63) is 35.4 Å². The number of ether oxygens (including phenoxy) is 1. The fourth-order valence-corrected chi connectivity index (χ4v) is 2.13. The largest absolute Gasteiger partial charge is 0.478 e. The molecule has 0 aromatic heterocycles. The molecule has 0 aliphatic carbocycles. The highest BCUT2D eigenvalue weighted by molar-refractivity contribution is 5.89. The Hall–Kier alpha value is -1.75. The van der Waals surface area contributed by atoms with E-state index in [1.165, 1.54) is 6.07 Å². The fourth-order valence-electron chi connectivity index (χ4n) is 2.13. The molecule has 1 aromatic rings. The zero-order valence-corrected chi connectivity index (χ0v) is 11.5. The summed E-state index contributed by atoms with van der Waals surface area (Å²) in [5, 5.41) is 11.9. The molecule has 1 atom stereocenters. The van der Waals surface area contributed by atoms with E-state index in [1.54, 1.807) is 18.2 Å². The lowest BCUT2D eigenvalue weighted by Crippen LogP contribution is -2.47. The Balaban J connectivity index is 0.00000180. The van der Waals surface area contributed by atoms with E-state index in [0.717, 1.165) is 0 Å². The summed E-state index contributed by atoms with van der Waals surface area (Å²) in [5.74, 6) is -0.998. The molecule has 0 bridgehead atoms. The van der Waals surface area contributed by atoms with Crippen LogP contribution in [0.15, 0.2) is 24.3 Å². The zero-order valence-electron chi connectivity index (χ0n) is 10.7. The highest BCUT2D eigenvalue weighted by Gasteiger charge is 2.39. The lowest BCUT2D eigenvalue weighted by atomic mass is 9.79. The number of halogens is 1. The SMILES string of the molecule is CC1(C)COC(=O)N[C@@H]1c1ccccc1C(=O)O.Cl. The molecule has 0 saturated carbocycles. The number of carboxylic acids is 1. The van der Waals surface area contributed by atoms with Gasteiger partial charge in [-0.25, -0.2) is 9.59 Å². The number of hydrogen-bond acceptors (Lipinski definition) is 3. The number of carbonyl (C=O) groups is 2. The maximum Gasteiger partial charge on any atom is 0.407 e. The van der Waals surface area contributed by atoms with E-state index in [1.807, 2.05) is 13.8 Å². The fraction of sp³-hybridized carbons (Fsp3) is 0.385. The number of cyclic esters (lactones) is 1. The molecule has 2 rings (SSSR count). The summed E-state index contributed by atoms with van der Waals surface area (Å²) >= 11 is 0. The highest BCUT2D eigenvalue weighted by atomic mass is 35.5. The van der Waals surface area contributed by atoms with Gasteiger partial charge in [-0.2, -0.15) is 0 Å². The molecule has 1 fully saturated rings. The van der Waals surface area contributed by atoms with Crippen LogP contribution in [0.3, 0.4) is 0 Å². The van der Waals surface area contributed by atoms with Gasteiger partial charge in [0.05, 0.1) is 11.6 Å². The number of hydrogen-bond donors (Lipinski definition) is 2. The van der Waals surface area contributed by atoms with E-state index in [0.29, 0.717) is 5.56 Å². The Labute approximate surface area is 117 Å². The third-order valence-electron chi connectivity index (χ3n) is 3.12. The summed E-state index contributed by atoms with van der Waals surface area (Å²) < 4.78 is 4.95. The van der Waals surface area contributed by atoms with Gasteiger partial charge in [0, 0.05) is 5.41 Å². The van der Waals surface area contributed by atoms with E-state index in [4.69, 9.17) is 4.74 Å². The first kappa shape index (κ1) is 15.3. The molecule has 5 nitrogen and oxygen atoms in total. The average Bonchev–Trinajstić information content (AvgIpc) is 2.32. The Kier molecular flexibility index (Phi) is 4.42. The van der Waals surface area contributed by atoms with Gasteiger partial charge in [-0.3, -0.25) is 0 Å². The van der Waals surface area contributed by atoms with Crippen LogP contribution in [-0.4, -0.2) is 23.8 Å². The summed E-state index contributed by atoms with van der Waals surface area (Å²) in [6, 6.07) is 6.32. The molecule has 1 heterocycles. The number of benzene rings is 1. The van der Waals surface area contributed by atoms with Gasteiger partial charge in [-0.05, 0) is 11.6 Å². The molecule has 0 unspecified atom stereocenters. The van der Waals surface area contributed by atoms with Crippen LogP contribution < -0.4 is 5.32 Å². The van der Waals surface area contributed by atoms with Crippen molar-refractivity contribution in [1.82, 2.24) is 5.32 Å². The van der Waals surface area contributed by atoms with E-state index in [-0.39, 0.29) is 36.0 Å². The summed E-state index contributed by atoms with van der Waals surface area (Å²) in [4.78, 5) is 22.5. The minimum atomic E-state index is -0.998. The molecule has 1 saturated heterocycles. The van der Waals surface area contributed by atoms with Gasteiger partial charge in [-0.15, -0.1) is 12.4 Å². The predicted molar refractivity (Wildman–Crippen MR) is 71.7 cm³/mol. The first-order valence-electron chi connectivity index (χ1n) is 5.67. The minimum Gasteiger partial charge on any atom is -0.478 e. The third-order valence-corrected chi connectivity index (χ3v) is 3.12. The molecule has 19 heavy (non-hydrogen) atoms. The number of rotatable bonds is 2. The molecule has 104 valence electrons. The monoisotopic (exact) mass is 285 g/mol. The lowest BCUT2D eigenvalue weighted by molar-refractivity contribution is 0.0378. The van der Waals surface area contributed by atoms with Crippen LogP contribution >= 0.6 is 12.4 Å². The van der Waals surface area contributed by atoms with Crippen LogP contribution in [0, 0.1) is 5.41 Å².